The second-order valence-corrected chi connectivity index (χ2v) is 5.47. The zero-order valence-corrected chi connectivity index (χ0v) is 11.0. The number of aryl methyl sites for hydroxylation is 1. The monoisotopic (exact) mass is 274 g/mol. The lowest BCUT2D eigenvalue weighted by Gasteiger charge is -2.03. The molecule has 0 aliphatic carbocycles. The summed E-state index contributed by atoms with van der Waals surface area (Å²) in [4.78, 5) is -0.0754. The molecule has 0 radical (unpaired) electrons. The van der Waals surface area contributed by atoms with E-state index in [2.05, 4.69) is 4.74 Å². The van der Waals surface area contributed by atoms with Crippen LogP contribution in [0.1, 0.15) is 5.56 Å². The number of halogens is 1. The smallest absolute Gasteiger partial charge is 0.233 e. The van der Waals surface area contributed by atoms with E-state index >= 15 is 0 Å². The highest BCUT2D eigenvalue weighted by Gasteiger charge is 2.20. The topological polar surface area (TPSA) is 52.6 Å². The number of methoxy groups -OCH3 is 1. The van der Waals surface area contributed by atoms with Crippen molar-refractivity contribution in [3.05, 3.63) is 41.1 Å². The Morgan fingerprint density at radius 2 is 1.94 bits per heavy atom. The fourth-order valence-corrected chi connectivity index (χ4v) is 2.20. The largest absolute Gasteiger partial charge is 0.359 e. The average molecular weight is 274 g/mol. The third kappa shape index (κ3) is 3.90. The zero-order valence-electron chi connectivity index (χ0n) is 10.2. The van der Waals surface area contributed by atoms with Gasteiger partial charge in [0.2, 0.25) is 15.0 Å². The summed E-state index contributed by atoms with van der Waals surface area (Å²) in [5, 5.41) is -1.22. The summed E-state index contributed by atoms with van der Waals surface area (Å²) in [7, 11) is -2.65. The molecule has 0 aliphatic heterocycles. The number of sulfone groups is 1. The molecule has 6 heteroatoms. The van der Waals surface area contributed by atoms with Gasteiger partial charge in [-0.15, -0.1) is 0 Å². The lowest BCUT2D eigenvalue weighted by atomic mass is 10.2. The Morgan fingerprint density at radius 1 is 1.33 bits per heavy atom. The third-order valence-electron chi connectivity index (χ3n) is 2.15. The molecule has 100 valence electrons. The molecule has 0 saturated carbocycles. The van der Waals surface area contributed by atoms with Gasteiger partial charge in [-0.3, -0.25) is 0 Å². The predicted octanol–water partition coefficient (Wildman–Crippen LogP) is 2.20. The van der Waals surface area contributed by atoms with Gasteiger partial charge in [-0.1, -0.05) is 17.7 Å². The second kappa shape index (κ2) is 6.63. The van der Waals surface area contributed by atoms with Gasteiger partial charge in [0.1, 0.15) is 6.79 Å². The van der Waals surface area contributed by atoms with Crippen LogP contribution in [0.4, 0.5) is 4.39 Å². The first kappa shape index (κ1) is 14.8. The van der Waals surface area contributed by atoms with Gasteiger partial charge in [-0.05, 0) is 25.1 Å². The number of ether oxygens (including phenoxy) is 2. The van der Waals surface area contributed by atoms with Gasteiger partial charge >= 0.3 is 0 Å². The molecule has 0 spiro atoms. The van der Waals surface area contributed by atoms with Gasteiger partial charge in [0.15, 0.2) is 0 Å². The second-order valence-electron chi connectivity index (χ2n) is 3.60. The summed E-state index contributed by atoms with van der Waals surface area (Å²) < 4.78 is 46.5. The van der Waals surface area contributed by atoms with Crippen molar-refractivity contribution in [1.29, 1.82) is 0 Å². The van der Waals surface area contributed by atoms with Crippen LogP contribution < -0.4 is 0 Å². The molecule has 0 fully saturated rings. The highest BCUT2D eigenvalue weighted by Crippen LogP contribution is 2.20. The van der Waals surface area contributed by atoms with Crippen LogP contribution in [0, 0.1) is 6.92 Å². The maximum absolute atomic E-state index is 13.5. The van der Waals surface area contributed by atoms with E-state index in [4.69, 9.17) is 4.74 Å². The van der Waals surface area contributed by atoms with E-state index in [9.17, 15) is 12.8 Å². The molecule has 18 heavy (non-hydrogen) atoms. The first-order valence-electron chi connectivity index (χ1n) is 5.22. The van der Waals surface area contributed by atoms with Crippen molar-refractivity contribution in [1.82, 2.24) is 0 Å². The van der Waals surface area contributed by atoms with Crippen molar-refractivity contribution >= 4 is 9.84 Å². The minimum atomic E-state index is -4.07. The van der Waals surface area contributed by atoms with Crippen LogP contribution in [-0.2, 0) is 19.3 Å². The van der Waals surface area contributed by atoms with Crippen molar-refractivity contribution in [3.8, 4) is 0 Å². The van der Waals surface area contributed by atoms with Gasteiger partial charge in [-0.25, -0.2) is 8.42 Å². The standard InChI is InChI=1S/C12H15FO4S/c1-10-3-5-11(6-4-10)18(14,15)12(13)7-8-17-9-16-2/h3-7H,8-9H2,1-2H3/b12-7+. The van der Waals surface area contributed by atoms with Crippen molar-refractivity contribution < 1.29 is 22.3 Å². The van der Waals surface area contributed by atoms with Gasteiger partial charge in [0.05, 0.1) is 11.5 Å². The molecule has 0 aliphatic rings. The molecule has 1 rings (SSSR count). The maximum Gasteiger partial charge on any atom is 0.233 e. The predicted molar refractivity (Wildman–Crippen MR) is 65.4 cm³/mol. The number of rotatable bonds is 6. The normalized spacial score (nSPS) is 12.7. The summed E-state index contributed by atoms with van der Waals surface area (Å²) in [6.45, 7) is 1.64. The van der Waals surface area contributed by atoms with Crippen molar-refractivity contribution in [2.24, 2.45) is 0 Å². The van der Waals surface area contributed by atoms with Crippen molar-refractivity contribution in [2.45, 2.75) is 11.8 Å². The van der Waals surface area contributed by atoms with Gasteiger partial charge in [-0.2, -0.15) is 4.39 Å². The first-order chi connectivity index (χ1) is 8.48. The number of benzene rings is 1. The molecule has 1 aromatic rings. The lowest BCUT2D eigenvalue weighted by Crippen LogP contribution is -2.03. The molecule has 0 saturated heterocycles. The molecule has 1 aromatic carbocycles. The average Bonchev–Trinajstić information content (AvgIpc) is 2.35. The molecule has 0 N–H and O–H groups in total. The summed E-state index contributed by atoms with van der Waals surface area (Å²) in [6, 6.07) is 5.96. The SMILES string of the molecule is COCOC/C=C(\F)S(=O)(=O)c1ccc(C)cc1. The highest BCUT2D eigenvalue weighted by atomic mass is 32.2. The number of hydrogen-bond donors (Lipinski definition) is 0. The van der Waals surface area contributed by atoms with E-state index in [1.165, 1.54) is 19.2 Å². The van der Waals surface area contributed by atoms with E-state index in [1.54, 1.807) is 12.1 Å². The maximum atomic E-state index is 13.5. The summed E-state index contributed by atoms with van der Waals surface area (Å²) in [5.74, 6) is 0. The molecule has 0 atom stereocenters. The Balaban J connectivity index is 2.82. The minimum absolute atomic E-state index is 0.0195. The Morgan fingerprint density at radius 3 is 2.50 bits per heavy atom. The van der Waals surface area contributed by atoms with E-state index in [-0.39, 0.29) is 18.3 Å². The van der Waals surface area contributed by atoms with Crippen LogP contribution in [-0.4, -0.2) is 28.9 Å². The van der Waals surface area contributed by atoms with E-state index in [0.29, 0.717) is 0 Å². The quantitative estimate of drug-likeness (QED) is 0.589. The van der Waals surface area contributed by atoms with Crippen LogP contribution >= 0.6 is 0 Å². The van der Waals surface area contributed by atoms with Gasteiger partial charge in [0, 0.05) is 7.11 Å². The van der Waals surface area contributed by atoms with E-state index in [0.717, 1.165) is 11.6 Å². The Bertz CT molecular complexity index is 505. The Labute approximate surface area is 106 Å². The number of hydrogen-bond acceptors (Lipinski definition) is 4. The van der Waals surface area contributed by atoms with E-state index < -0.39 is 15.0 Å². The van der Waals surface area contributed by atoms with Crippen LogP contribution in [0.5, 0.6) is 0 Å². The third-order valence-corrected chi connectivity index (χ3v) is 3.72. The first-order valence-corrected chi connectivity index (χ1v) is 6.71. The minimum Gasteiger partial charge on any atom is -0.359 e. The zero-order chi connectivity index (χ0) is 13.6. The molecular formula is C12H15FO4S. The Kier molecular flexibility index (Phi) is 5.46. The summed E-state index contributed by atoms with van der Waals surface area (Å²) >= 11 is 0. The molecule has 0 unspecified atom stereocenters. The lowest BCUT2D eigenvalue weighted by molar-refractivity contribution is -0.0189. The summed E-state index contributed by atoms with van der Waals surface area (Å²) in [6.07, 6.45) is 0.869. The molecule has 0 bridgehead atoms. The molecule has 0 aromatic heterocycles. The molecule has 4 nitrogen and oxygen atoms in total. The van der Waals surface area contributed by atoms with Crippen LogP contribution in [0.3, 0.4) is 0 Å². The Hall–Kier alpha value is -1.24. The molecular weight excluding hydrogens is 259 g/mol. The van der Waals surface area contributed by atoms with Crippen LogP contribution in [0.15, 0.2) is 40.4 Å². The van der Waals surface area contributed by atoms with Crippen LogP contribution in [0.2, 0.25) is 0 Å². The van der Waals surface area contributed by atoms with Gasteiger partial charge in [0.25, 0.3) is 0 Å². The summed E-state index contributed by atoms with van der Waals surface area (Å²) in [5.41, 5.74) is 0.904. The van der Waals surface area contributed by atoms with Gasteiger partial charge < -0.3 is 9.47 Å². The molecule has 0 amide bonds. The van der Waals surface area contributed by atoms with Crippen LogP contribution in [0.25, 0.3) is 0 Å². The van der Waals surface area contributed by atoms with Crippen molar-refractivity contribution in [3.63, 3.8) is 0 Å². The highest BCUT2D eigenvalue weighted by molar-refractivity contribution is 7.95. The molecule has 0 heterocycles. The van der Waals surface area contributed by atoms with Crippen molar-refractivity contribution in [2.75, 3.05) is 20.5 Å². The fraction of sp³-hybridized carbons (Fsp3) is 0.333. The fourth-order valence-electron chi connectivity index (χ4n) is 1.20. The van der Waals surface area contributed by atoms with E-state index in [1.807, 2.05) is 6.92 Å².